The number of alkyl halides is 3. The summed E-state index contributed by atoms with van der Waals surface area (Å²) in [5.74, 6) is -2.32. The zero-order valence-electron chi connectivity index (χ0n) is 10.8. The number of rotatable bonds is 3. The van der Waals surface area contributed by atoms with E-state index in [0.717, 1.165) is 0 Å². The molecule has 4 N–H and O–H groups in total. The van der Waals surface area contributed by atoms with E-state index in [9.17, 15) is 22.7 Å². The molecule has 0 saturated heterocycles. The smallest absolute Gasteiger partial charge is 0.416 e. The molecule has 0 spiro atoms. The number of aliphatic hydroxyl groups is 1. The lowest BCUT2D eigenvalue weighted by atomic mass is 9.79. The van der Waals surface area contributed by atoms with Gasteiger partial charge in [0.1, 0.15) is 0 Å². The van der Waals surface area contributed by atoms with E-state index in [0.29, 0.717) is 12.1 Å². The molecule has 0 aromatic heterocycles. The van der Waals surface area contributed by atoms with Crippen molar-refractivity contribution in [1.29, 1.82) is 0 Å². The molecule has 0 aliphatic heterocycles. The summed E-state index contributed by atoms with van der Waals surface area (Å²) < 4.78 is 51.8. The highest BCUT2D eigenvalue weighted by Gasteiger charge is 2.40. The highest BCUT2D eigenvalue weighted by atomic mass is 35.5. The molecule has 0 amide bonds. The molecule has 0 unspecified atom stereocenters. The Balaban J connectivity index is 0.00000361. The summed E-state index contributed by atoms with van der Waals surface area (Å²) in [5.41, 5.74) is 2.56. The minimum Gasteiger partial charge on any atom is -0.505 e. The Morgan fingerprint density at radius 1 is 1.25 bits per heavy atom. The molecule has 20 heavy (non-hydrogen) atoms. The van der Waals surface area contributed by atoms with Gasteiger partial charge in [-0.3, -0.25) is 0 Å². The van der Waals surface area contributed by atoms with Gasteiger partial charge in [0.15, 0.2) is 11.6 Å². The Morgan fingerprint density at radius 3 is 2.15 bits per heavy atom. The Hall–Kier alpha value is -1.05. The first kappa shape index (κ1) is 18.9. The van der Waals surface area contributed by atoms with Crippen LogP contribution >= 0.6 is 12.4 Å². The van der Waals surface area contributed by atoms with Crippen LogP contribution < -0.4 is 5.73 Å². The number of nitrogens with two attached hydrogens (primary N) is 1. The van der Waals surface area contributed by atoms with E-state index in [1.807, 2.05) is 0 Å². The summed E-state index contributed by atoms with van der Waals surface area (Å²) >= 11 is 0. The molecule has 8 heteroatoms. The molecule has 116 valence electrons. The summed E-state index contributed by atoms with van der Waals surface area (Å²) in [6, 6.07) is -0.317. The predicted molar refractivity (Wildman–Crippen MR) is 68.1 cm³/mol. The van der Waals surface area contributed by atoms with Gasteiger partial charge in [0.25, 0.3) is 0 Å². The van der Waals surface area contributed by atoms with Gasteiger partial charge < -0.3 is 15.9 Å². The maximum Gasteiger partial charge on any atom is 0.416 e. The Bertz CT molecular complexity index is 477. The number of benzene rings is 1. The average molecular weight is 318 g/mol. The number of hydrogen-bond donors (Lipinski definition) is 3. The molecule has 1 aromatic rings. The fraction of sp³-hybridized carbons (Fsp3) is 0.500. The molecule has 1 atom stereocenters. The van der Waals surface area contributed by atoms with Crippen molar-refractivity contribution < 1.29 is 27.8 Å². The monoisotopic (exact) mass is 317 g/mol. The highest BCUT2D eigenvalue weighted by Crippen LogP contribution is 2.44. The fourth-order valence-corrected chi connectivity index (χ4v) is 1.63. The van der Waals surface area contributed by atoms with Crippen molar-refractivity contribution in [2.24, 2.45) is 11.1 Å². The molecule has 0 heterocycles. The van der Waals surface area contributed by atoms with E-state index in [1.54, 1.807) is 0 Å². The number of phenolic OH excluding ortho intramolecular Hbond substituents is 1. The second-order valence-corrected chi connectivity index (χ2v) is 4.98. The number of halogens is 5. The zero-order valence-corrected chi connectivity index (χ0v) is 11.6. The molecular formula is C12H16ClF4NO2. The van der Waals surface area contributed by atoms with Crippen LogP contribution in [0.5, 0.6) is 5.75 Å². The lowest BCUT2D eigenvalue weighted by Crippen LogP contribution is -2.34. The van der Waals surface area contributed by atoms with Crippen molar-refractivity contribution in [3.63, 3.8) is 0 Å². The van der Waals surface area contributed by atoms with Crippen LogP contribution in [0.2, 0.25) is 0 Å². The third-order valence-electron chi connectivity index (χ3n) is 3.03. The van der Waals surface area contributed by atoms with Crippen LogP contribution in [0.3, 0.4) is 0 Å². The minimum atomic E-state index is -4.77. The van der Waals surface area contributed by atoms with E-state index in [2.05, 4.69) is 0 Å². The van der Waals surface area contributed by atoms with Crippen LogP contribution in [0, 0.1) is 11.2 Å². The standard InChI is InChI=1S/C12H15F4NO2.ClH/c1-11(2,5-18)10(17)8-6(12(14,15)16)3-4-7(13)9(8)19;/h3-4,10,18-19H,5,17H2,1-2H3;1H/t10-;/m0./s1. The van der Waals surface area contributed by atoms with Gasteiger partial charge in [-0.25, -0.2) is 4.39 Å². The van der Waals surface area contributed by atoms with Crippen molar-refractivity contribution in [3.8, 4) is 5.75 Å². The molecule has 3 nitrogen and oxygen atoms in total. The van der Waals surface area contributed by atoms with Gasteiger partial charge in [-0.05, 0) is 12.1 Å². The van der Waals surface area contributed by atoms with Crippen LogP contribution in [0.15, 0.2) is 12.1 Å². The summed E-state index contributed by atoms with van der Waals surface area (Å²) in [4.78, 5) is 0. The first-order valence-electron chi connectivity index (χ1n) is 5.47. The summed E-state index contributed by atoms with van der Waals surface area (Å²) in [5, 5.41) is 18.7. The SMILES string of the molecule is CC(C)(CO)[C@@H](N)c1c(C(F)(F)F)ccc(F)c1O.Cl. The number of hydrogen-bond acceptors (Lipinski definition) is 3. The average Bonchev–Trinajstić information content (AvgIpc) is 2.30. The molecule has 1 aromatic carbocycles. The summed E-state index contributed by atoms with van der Waals surface area (Å²) in [7, 11) is 0. The second-order valence-electron chi connectivity index (χ2n) is 4.98. The second kappa shape index (κ2) is 6.15. The van der Waals surface area contributed by atoms with Crippen molar-refractivity contribution in [3.05, 3.63) is 29.1 Å². The molecule has 1 rings (SSSR count). The third kappa shape index (κ3) is 3.53. The summed E-state index contributed by atoms with van der Waals surface area (Å²) in [6.45, 7) is 2.33. The predicted octanol–water partition coefficient (Wildman–Crippen LogP) is 2.99. The quantitative estimate of drug-likeness (QED) is 0.751. The number of aliphatic hydroxyl groups excluding tert-OH is 1. The lowest BCUT2D eigenvalue weighted by Gasteiger charge is -2.32. The molecule has 0 bridgehead atoms. The molecule has 0 aliphatic carbocycles. The van der Waals surface area contributed by atoms with E-state index in [1.165, 1.54) is 13.8 Å². The van der Waals surface area contributed by atoms with E-state index in [-0.39, 0.29) is 12.4 Å². The Morgan fingerprint density at radius 2 is 1.75 bits per heavy atom. The van der Waals surface area contributed by atoms with Crippen LogP contribution in [-0.2, 0) is 6.18 Å². The number of aromatic hydroxyl groups is 1. The maximum absolute atomic E-state index is 13.3. The van der Waals surface area contributed by atoms with E-state index < -0.39 is 46.9 Å². The first-order valence-corrected chi connectivity index (χ1v) is 5.47. The van der Waals surface area contributed by atoms with Crippen LogP contribution in [-0.4, -0.2) is 16.8 Å². The Kier molecular flexibility index (Phi) is 5.83. The van der Waals surface area contributed by atoms with E-state index in [4.69, 9.17) is 10.8 Å². The molecule has 0 saturated carbocycles. The van der Waals surface area contributed by atoms with Gasteiger partial charge >= 0.3 is 6.18 Å². The normalized spacial score (nSPS) is 13.8. The van der Waals surface area contributed by atoms with Gasteiger partial charge in [0, 0.05) is 23.6 Å². The topological polar surface area (TPSA) is 66.5 Å². The van der Waals surface area contributed by atoms with Gasteiger partial charge in [-0.1, -0.05) is 13.8 Å². The summed E-state index contributed by atoms with van der Waals surface area (Å²) in [6.07, 6.45) is -4.77. The van der Waals surface area contributed by atoms with Gasteiger partial charge in [-0.15, -0.1) is 12.4 Å². The highest BCUT2D eigenvalue weighted by molar-refractivity contribution is 5.85. The van der Waals surface area contributed by atoms with Crippen molar-refractivity contribution in [2.75, 3.05) is 6.61 Å². The molecule has 0 fully saturated rings. The molecule has 0 radical (unpaired) electrons. The van der Waals surface area contributed by atoms with Crippen LogP contribution in [0.4, 0.5) is 17.6 Å². The lowest BCUT2D eigenvalue weighted by molar-refractivity contribution is -0.138. The van der Waals surface area contributed by atoms with Crippen LogP contribution in [0.1, 0.15) is 31.0 Å². The minimum absolute atomic E-state index is 0. The zero-order chi connectivity index (χ0) is 15.0. The third-order valence-corrected chi connectivity index (χ3v) is 3.03. The maximum atomic E-state index is 13.3. The first-order chi connectivity index (χ1) is 8.52. The van der Waals surface area contributed by atoms with Crippen molar-refractivity contribution in [2.45, 2.75) is 26.1 Å². The number of phenols is 1. The fourth-order valence-electron chi connectivity index (χ4n) is 1.63. The van der Waals surface area contributed by atoms with Crippen molar-refractivity contribution >= 4 is 12.4 Å². The van der Waals surface area contributed by atoms with E-state index >= 15 is 0 Å². The van der Waals surface area contributed by atoms with Gasteiger partial charge in [-0.2, -0.15) is 13.2 Å². The van der Waals surface area contributed by atoms with Gasteiger partial charge in [0.2, 0.25) is 0 Å². The molecular weight excluding hydrogens is 302 g/mol. The van der Waals surface area contributed by atoms with Crippen molar-refractivity contribution in [1.82, 2.24) is 0 Å². The van der Waals surface area contributed by atoms with Crippen LogP contribution in [0.25, 0.3) is 0 Å². The largest absolute Gasteiger partial charge is 0.505 e. The molecule has 0 aliphatic rings. The van der Waals surface area contributed by atoms with Gasteiger partial charge in [0.05, 0.1) is 5.56 Å². The Labute approximate surface area is 119 Å².